The first kappa shape index (κ1) is 20.1. The first-order valence-corrected chi connectivity index (χ1v) is 9.61. The minimum Gasteiger partial charge on any atom is -0.391 e. The number of nitrogens with zero attached hydrogens (tertiary/aromatic N) is 1. The van der Waals surface area contributed by atoms with Crippen molar-refractivity contribution in [3.63, 3.8) is 0 Å². The van der Waals surface area contributed by atoms with Gasteiger partial charge in [0.15, 0.2) is 5.43 Å². The molecule has 1 heterocycles. The number of nitrogens with one attached hydrogen (secondary N) is 1. The molecule has 4 N–H and O–H groups in total. The SMILES string of the molecule is NCCOCCOCCNc1cc2c(=O)c(CO)cn(C3CC3)c2cc1Cl. The second-order valence-electron chi connectivity index (χ2n) is 6.57. The van der Waals surface area contributed by atoms with Crippen LogP contribution in [0.5, 0.6) is 0 Å². The fraction of sp³-hybridized carbons (Fsp3) is 0.526. The molecular formula is C19H26ClN3O4. The van der Waals surface area contributed by atoms with E-state index < -0.39 is 0 Å². The third-order valence-electron chi connectivity index (χ3n) is 4.50. The second kappa shape index (κ2) is 9.52. The largest absolute Gasteiger partial charge is 0.391 e. The van der Waals surface area contributed by atoms with Crippen LogP contribution in [0.15, 0.2) is 23.1 Å². The van der Waals surface area contributed by atoms with Gasteiger partial charge in [-0.2, -0.15) is 0 Å². The number of ether oxygens (including phenoxy) is 2. The summed E-state index contributed by atoms with van der Waals surface area (Å²) >= 11 is 6.42. The summed E-state index contributed by atoms with van der Waals surface area (Å²) in [5.41, 5.74) is 7.08. The van der Waals surface area contributed by atoms with E-state index in [4.69, 9.17) is 26.8 Å². The van der Waals surface area contributed by atoms with E-state index in [1.807, 2.05) is 6.07 Å². The number of aromatic nitrogens is 1. The summed E-state index contributed by atoms with van der Waals surface area (Å²) in [5.74, 6) is 0. The van der Waals surface area contributed by atoms with Crippen LogP contribution < -0.4 is 16.5 Å². The molecule has 1 saturated carbocycles. The fourth-order valence-corrected chi connectivity index (χ4v) is 3.22. The summed E-state index contributed by atoms with van der Waals surface area (Å²) in [6.07, 6.45) is 3.91. The molecule has 0 spiro atoms. The number of benzene rings is 1. The number of pyridine rings is 1. The number of aliphatic hydroxyl groups is 1. The molecule has 8 heteroatoms. The lowest BCUT2D eigenvalue weighted by atomic mass is 10.1. The molecule has 148 valence electrons. The van der Waals surface area contributed by atoms with Crippen LogP contribution in [-0.2, 0) is 16.1 Å². The van der Waals surface area contributed by atoms with Gasteiger partial charge in [-0.05, 0) is 25.0 Å². The highest BCUT2D eigenvalue weighted by molar-refractivity contribution is 6.34. The van der Waals surface area contributed by atoms with Crippen molar-refractivity contribution >= 4 is 28.2 Å². The average molecular weight is 396 g/mol. The van der Waals surface area contributed by atoms with E-state index in [9.17, 15) is 9.90 Å². The lowest BCUT2D eigenvalue weighted by Crippen LogP contribution is -2.16. The number of aliphatic hydroxyl groups excluding tert-OH is 1. The highest BCUT2D eigenvalue weighted by Crippen LogP contribution is 2.38. The van der Waals surface area contributed by atoms with Crippen molar-refractivity contribution in [1.29, 1.82) is 0 Å². The highest BCUT2D eigenvalue weighted by Gasteiger charge is 2.25. The Morgan fingerprint density at radius 1 is 1.22 bits per heavy atom. The normalized spacial score (nSPS) is 14.0. The zero-order valence-corrected chi connectivity index (χ0v) is 16.0. The van der Waals surface area contributed by atoms with Gasteiger partial charge in [-0.1, -0.05) is 11.6 Å². The van der Waals surface area contributed by atoms with Crippen LogP contribution in [0.1, 0.15) is 24.4 Å². The topological polar surface area (TPSA) is 98.7 Å². The van der Waals surface area contributed by atoms with E-state index in [0.717, 1.165) is 18.4 Å². The Kier molecular flexibility index (Phi) is 7.09. The Labute approximate surface area is 163 Å². The van der Waals surface area contributed by atoms with Crippen LogP contribution in [0.25, 0.3) is 10.9 Å². The van der Waals surface area contributed by atoms with Crippen LogP contribution in [0.2, 0.25) is 5.02 Å². The number of hydrogen-bond acceptors (Lipinski definition) is 6. The van der Waals surface area contributed by atoms with Crippen molar-refractivity contribution in [3.8, 4) is 0 Å². The van der Waals surface area contributed by atoms with Crippen molar-refractivity contribution in [2.45, 2.75) is 25.5 Å². The molecule has 2 aromatic rings. The molecule has 1 aliphatic rings. The number of halogens is 1. The van der Waals surface area contributed by atoms with Crippen molar-refractivity contribution in [2.75, 3.05) is 44.8 Å². The smallest absolute Gasteiger partial charge is 0.194 e. The van der Waals surface area contributed by atoms with Crippen molar-refractivity contribution in [3.05, 3.63) is 39.1 Å². The molecule has 0 unspecified atom stereocenters. The molecule has 7 nitrogen and oxygen atoms in total. The van der Waals surface area contributed by atoms with Crippen molar-refractivity contribution in [1.82, 2.24) is 4.57 Å². The van der Waals surface area contributed by atoms with Gasteiger partial charge in [0.2, 0.25) is 0 Å². The summed E-state index contributed by atoms with van der Waals surface area (Å²) in [5, 5.41) is 13.8. The van der Waals surface area contributed by atoms with Crippen LogP contribution in [0, 0.1) is 0 Å². The average Bonchev–Trinajstić information content (AvgIpc) is 3.50. The van der Waals surface area contributed by atoms with Gasteiger partial charge in [0, 0.05) is 36.3 Å². The van der Waals surface area contributed by atoms with E-state index in [1.165, 1.54) is 0 Å². The van der Waals surface area contributed by atoms with E-state index in [1.54, 1.807) is 12.3 Å². The molecule has 0 radical (unpaired) electrons. The summed E-state index contributed by atoms with van der Waals surface area (Å²) in [6.45, 7) is 2.82. The minimum absolute atomic E-state index is 0.155. The molecule has 0 saturated heterocycles. The van der Waals surface area contributed by atoms with Gasteiger partial charge in [0.25, 0.3) is 0 Å². The molecule has 27 heavy (non-hydrogen) atoms. The zero-order valence-electron chi connectivity index (χ0n) is 15.2. The number of hydrogen-bond donors (Lipinski definition) is 3. The van der Waals surface area contributed by atoms with Gasteiger partial charge in [0.05, 0.1) is 49.3 Å². The molecule has 0 atom stereocenters. The summed E-state index contributed by atoms with van der Waals surface area (Å²) < 4.78 is 12.8. The van der Waals surface area contributed by atoms with E-state index in [0.29, 0.717) is 67.2 Å². The first-order chi connectivity index (χ1) is 13.2. The van der Waals surface area contributed by atoms with Crippen LogP contribution in [-0.4, -0.2) is 49.2 Å². The maximum atomic E-state index is 12.6. The standard InChI is InChI=1S/C19H26ClN3O4/c20-16-10-18-15(19(25)13(12-24)11-23(18)14-1-2-14)9-17(16)22-4-6-27-8-7-26-5-3-21/h9-11,14,22,24H,1-8,12,21H2. The fourth-order valence-electron chi connectivity index (χ4n) is 2.99. The maximum Gasteiger partial charge on any atom is 0.194 e. The molecule has 3 rings (SSSR count). The Morgan fingerprint density at radius 3 is 2.63 bits per heavy atom. The molecule has 0 bridgehead atoms. The minimum atomic E-state index is -0.271. The Bertz CT molecular complexity index is 836. The second-order valence-corrected chi connectivity index (χ2v) is 6.98. The van der Waals surface area contributed by atoms with Crippen LogP contribution >= 0.6 is 11.6 Å². The number of fused-ring (bicyclic) bond motifs is 1. The first-order valence-electron chi connectivity index (χ1n) is 9.23. The van der Waals surface area contributed by atoms with Gasteiger partial charge in [0.1, 0.15) is 0 Å². The van der Waals surface area contributed by atoms with Gasteiger partial charge < -0.3 is 30.2 Å². The van der Waals surface area contributed by atoms with Crippen molar-refractivity contribution in [2.24, 2.45) is 5.73 Å². The maximum absolute atomic E-state index is 12.6. The monoisotopic (exact) mass is 395 g/mol. The predicted octanol–water partition coefficient (Wildman–Crippen LogP) is 1.89. The highest BCUT2D eigenvalue weighted by atomic mass is 35.5. The summed E-state index contributed by atoms with van der Waals surface area (Å²) in [7, 11) is 0. The number of nitrogens with two attached hydrogens (primary N) is 1. The lowest BCUT2D eigenvalue weighted by molar-refractivity contribution is 0.0548. The Morgan fingerprint density at radius 2 is 1.96 bits per heavy atom. The predicted molar refractivity (Wildman–Crippen MR) is 107 cm³/mol. The van der Waals surface area contributed by atoms with Gasteiger partial charge in [-0.15, -0.1) is 0 Å². The lowest BCUT2D eigenvalue weighted by Gasteiger charge is -2.15. The van der Waals surface area contributed by atoms with E-state index in [2.05, 4.69) is 9.88 Å². The summed E-state index contributed by atoms with van der Waals surface area (Å²) in [4.78, 5) is 12.6. The van der Waals surface area contributed by atoms with Crippen LogP contribution in [0.3, 0.4) is 0 Å². The van der Waals surface area contributed by atoms with Gasteiger partial charge in [-0.25, -0.2) is 0 Å². The molecule has 0 aliphatic heterocycles. The van der Waals surface area contributed by atoms with Gasteiger partial charge >= 0.3 is 0 Å². The third-order valence-corrected chi connectivity index (χ3v) is 4.81. The molecule has 0 amide bonds. The Hall–Kier alpha value is -1.64. The van der Waals surface area contributed by atoms with E-state index in [-0.39, 0.29) is 12.0 Å². The molecular weight excluding hydrogens is 370 g/mol. The molecule has 1 aliphatic carbocycles. The zero-order chi connectivity index (χ0) is 19.2. The third kappa shape index (κ3) is 5.00. The molecule has 1 fully saturated rings. The van der Waals surface area contributed by atoms with Crippen molar-refractivity contribution < 1.29 is 14.6 Å². The Balaban J connectivity index is 1.69. The summed E-state index contributed by atoms with van der Waals surface area (Å²) in [6, 6.07) is 3.97. The van der Waals surface area contributed by atoms with E-state index >= 15 is 0 Å². The van der Waals surface area contributed by atoms with Crippen LogP contribution in [0.4, 0.5) is 5.69 Å². The number of rotatable bonds is 11. The quantitative estimate of drug-likeness (QED) is 0.502. The van der Waals surface area contributed by atoms with Gasteiger partial charge in [-0.3, -0.25) is 4.79 Å². The molecule has 1 aromatic heterocycles. The molecule has 1 aromatic carbocycles. The number of anilines is 1.